The smallest absolute Gasteiger partial charge is 0.113 e. The zero-order valence-electron chi connectivity index (χ0n) is 12.2. The maximum Gasteiger partial charge on any atom is 0.113 e. The van der Waals surface area contributed by atoms with Gasteiger partial charge in [0.2, 0.25) is 0 Å². The number of thiazole rings is 1. The minimum absolute atomic E-state index is 0.429. The lowest BCUT2D eigenvalue weighted by atomic mass is 10.1. The molecule has 0 saturated heterocycles. The molecule has 2 N–H and O–H groups in total. The summed E-state index contributed by atoms with van der Waals surface area (Å²) < 4.78 is 0. The molecule has 0 radical (unpaired) electrons. The molecule has 106 valence electrons. The predicted molar refractivity (Wildman–Crippen MR) is 90.2 cm³/mol. The molecule has 0 spiro atoms. The Labute approximate surface area is 129 Å². The Morgan fingerprint density at radius 2 is 1.38 bits per heavy atom. The Kier molecular flexibility index (Phi) is 3.62. The molecule has 0 amide bonds. The summed E-state index contributed by atoms with van der Waals surface area (Å²) in [5.74, 6) is 0. The number of rotatable bonds is 3. The van der Waals surface area contributed by atoms with E-state index in [-0.39, 0.29) is 0 Å². The molecule has 0 aliphatic carbocycles. The zero-order valence-corrected chi connectivity index (χ0v) is 13.0. The van der Waals surface area contributed by atoms with E-state index in [2.05, 4.69) is 36.4 Å². The van der Waals surface area contributed by atoms with Gasteiger partial charge in [-0.15, -0.1) is 11.3 Å². The number of nitrogens with zero attached hydrogens (tertiary/aromatic N) is 1. The van der Waals surface area contributed by atoms with Crippen LogP contribution in [0.5, 0.6) is 0 Å². The van der Waals surface area contributed by atoms with E-state index in [1.807, 2.05) is 38.1 Å². The second kappa shape index (κ2) is 5.43. The Morgan fingerprint density at radius 3 is 1.90 bits per heavy atom. The Hall–Kier alpha value is -1.97. The van der Waals surface area contributed by atoms with E-state index in [9.17, 15) is 0 Å². The van der Waals surface area contributed by atoms with E-state index in [0.29, 0.717) is 0 Å². The summed E-state index contributed by atoms with van der Waals surface area (Å²) in [6, 6.07) is 20.7. The van der Waals surface area contributed by atoms with Crippen molar-refractivity contribution in [3.8, 4) is 21.7 Å². The fourth-order valence-electron chi connectivity index (χ4n) is 2.17. The first-order chi connectivity index (χ1) is 10.1. The van der Waals surface area contributed by atoms with Gasteiger partial charge in [-0.25, -0.2) is 4.98 Å². The first kappa shape index (κ1) is 14.0. The minimum atomic E-state index is -0.429. The molecule has 0 aliphatic rings. The van der Waals surface area contributed by atoms with Crippen LogP contribution >= 0.6 is 11.3 Å². The van der Waals surface area contributed by atoms with Gasteiger partial charge in [0.05, 0.1) is 16.1 Å². The highest BCUT2D eigenvalue weighted by atomic mass is 32.1. The largest absolute Gasteiger partial charge is 0.320 e. The normalized spacial score (nSPS) is 11.6. The minimum Gasteiger partial charge on any atom is -0.320 e. The summed E-state index contributed by atoms with van der Waals surface area (Å²) in [7, 11) is 0. The summed E-state index contributed by atoms with van der Waals surface area (Å²) in [5, 5.41) is 0.959. The van der Waals surface area contributed by atoms with Crippen molar-refractivity contribution in [2.75, 3.05) is 0 Å². The molecule has 0 atom stereocenters. The summed E-state index contributed by atoms with van der Waals surface area (Å²) in [4.78, 5) is 6.00. The highest BCUT2D eigenvalue weighted by Gasteiger charge is 2.23. The van der Waals surface area contributed by atoms with Crippen LogP contribution in [0.3, 0.4) is 0 Å². The summed E-state index contributed by atoms with van der Waals surface area (Å²) in [6.07, 6.45) is 0. The van der Waals surface area contributed by atoms with Crippen LogP contribution < -0.4 is 5.73 Å². The summed E-state index contributed by atoms with van der Waals surface area (Å²) in [6.45, 7) is 3.99. The second-order valence-corrected chi connectivity index (χ2v) is 6.65. The van der Waals surface area contributed by atoms with Crippen molar-refractivity contribution >= 4 is 11.3 Å². The van der Waals surface area contributed by atoms with Crippen LogP contribution in [0, 0.1) is 0 Å². The first-order valence-corrected chi connectivity index (χ1v) is 7.78. The number of nitrogens with two attached hydrogens (primary N) is 1. The number of benzene rings is 2. The molecule has 0 bridgehead atoms. The average Bonchev–Trinajstić information content (AvgIpc) is 2.94. The van der Waals surface area contributed by atoms with Crippen molar-refractivity contribution in [2.24, 2.45) is 5.73 Å². The van der Waals surface area contributed by atoms with Gasteiger partial charge >= 0.3 is 0 Å². The Balaban J connectivity index is 2.20. The van der Waals surface area contributed by atoms with Crippen molar-refractivity contribution in [3.63, 3.8) is 0 Å². The molecule has 2 aromatic carbocycles. The zero-order chi connectivity index (χ0) is 14.9. The van der Waals surface area contributed by atoms with Crippen molar-refractivity contribution in [3.05, 3.63) is 65.7 Å². The summed E-state index contributed by atoms with van der Waals surface area (Å²) >= 11 is 1.68. The maximum absolute atomic E-state index is 6.24. The number of hydrogen-bond acceptors (Lipinski definition) is 3. The van der Waals surface area contributed by atoms with E-state index < -0.39 is 5.54 Å². The van der Waals surface area contributed by atoms with Crippen LogP contribution in [0.1, 0.15) is 18.9 Å². The standard InChI is InChI=1S/C18H18N2S/c1-18(2,19)17-20-15(13-9-5-3-6-10-13)16(21-17)14-11-7-4-8-12-14/h3-12H,19H2,1-2H3. The molecule has 0 aliphatic heterocycles. The van der Waals surface area contributed by atoms with Crippen LogP contribution in [0.2, 0.25) is 0 Å². The topological polar surface area (TPSA) is 38.9 Å². The van der Waals surface area contributed by atoms with Gasteiger partial charge in [0.15, 0.2) is 0 Å². The molecular formula is C18H18N2S. The van der Waals surface area contributed by atoms with Gasteiger partial charge in [0.25, 0.3) is 0 Å². The predicted octanol–water partition coefficient (Wildman–Crippen LogP) is 4.67. The second-order valence-electron chi connectivity index (χ2n) is 5.65. The Bertz CT molecular complexity index is 668. The highest BCUT2D eigenvalue weighted by Crippen LogP contribution is 2.39. The van der Waals surface area contributed by atoms with E-state index in [1.54, 1.807) is 11.3 Å². The Morgan fingerprint density at radius 1 is 0.857 bits per heavy atom. The molecule has 0 saturated carbocycles. The number of hydrogen-bond donors (Lipinski definition) is 1. The SMILES string of the molecule is CC(C)(N)c1nc(-c2ccccc2)c(-c2ccccc2)s1. The molecule has 3 heteroatoms. The quantitative estimate of drug-likeness (QED) is 0.762. The van der Waals surface area contributed by atoms with Gasteiger partial charge in [0.1, 0.15) is 5.01 Å². The van der Waals surface area contributed by atoms with E-state index in [0.717, 1.165) is 16.3 Å². The van der Waals surface area contributed by atoms with Crippen molar-refractivity contribution < 1.29 is 0 Å². The molecule has 21 heavy (non-hydrogen) atoms. The molecule has 3 rings (SSSR count). The molecule has 0 fully saturated rings. The van der Waals surface area contributed by atoms with Gasteiger partial charge in [-0.3, -0.25) is 0 Å². The summed E-state index contributed by atoms with van der Waals surface area (Å²) in [5.41, 5.74) is 9.14. The first-order valence-electron chi connectivity index (χ1n) is 6.97. The lowest BCUT2D eigenvalue weighted by molar-refractivity contribution is 0.551. The van der Waals surface area contributed by atoms with E-state index in [4.69, 9.17) is 10.7 Å². The van der Waals surface area contributed by atoms with Crippen LogP contribution in [0.25, 0.3) is 21.7 Å². The van der Waals surface area contributed by atoms with Gasteiger partial charge in [-0.05, 0) is 19.4 Å². The average molecular weight is 294 g/mol. The molecular weight excluding hydrogens is 276 g/mol. The fourth-order valence-corrected chi connectivity index (χ4v) is 3.28. The van der Waals surface area contributed by atoms with E-state index >= 15 is 0 Å². The van der Waals surface area contributed by atoms with Gasteiger partial charge in [-0.1, -0.05) is 60.7 Å². The molecule has 1 aromatic heterocycles. The third kappa shape index (κ3) is 2.89. The number of aromatic nitrogens is 1. The van der Waals surface area contributed by atoms with E-state index in [1.165, 1.54) is 10.4 Å². The van der Waals surface area contributed by atoms with Crippen LogP contribution in [-0.2, 0) is 5.54 Å². The van der Waals surface area contributed by atoms with Gasteiger partial charge in [-0.2, -0.15) is 0 Å². The van der Waals surface area contributed by atoms with Crippen LogP contribution in [0.4, 0.5) is 0 Å². The lowest BCUT2D eigenvalue weighted by Gasteiger charge is -2.13. The third-order valence-electron chi connectivity index (χ3n) is 3.26. The van der Waals surface area contributed by atoms with Gasteiger partial charge in [0, 0.05) is 5.56 Å². The molecule has 2 nitrogen and oxygen atoms in total. The van der Waals surface area contributed by atoms with Crippen LogP contribution in [-0.4, -0.2) is 4.98 Å². The molecule has 3 aromatic rings. The van der Waals surface area contributed by atoms with Gasteiger partial charge < -0.3 is 5.73 Å². The van der Waals surface area contributed by atoms with Crippen molar-refractivity contribution in [1.82, 2.24) is 4.98 Å². The van der Waals surface area contributed by atoms with Crippen LogP contribution in [0.15, 0.2) is 60.7 Å². The molecule has 1 heterocycles. The maximum atomic E-state index is 6.24. The van der Waals surface area contributed by atoms with Crippen molar-refractivity contribution in [2.45, 2.75) is 19.4 Å². The lowest BCUT2D eigenvalue weighted by Crippen LogP contribution is -2.28. The third-order valence-corrected chi connectivity index (χ3v) is 4.71. The van der Waals surface area contributed by atoms with Crippen molar-refractivity contribution in [1.29, 1.82) is 0 Å². The molecule has 0 unspecified atom stereocenters. The monoisotopic (exact) mass is 294 g/mol. The fraction of sp³-hybridized carbons (Fsp3) is 0.167. The highest BCUT2D eigenvalue weighted by molar-refractivity contribution is 7.15.